The molecule has 2 aromatic carbocycles. The summed E-state index contributed by atoms with van der Waals surface area (Å²) in [7, 11) is 0. The van der Waals surface area contributed by atoms with E-state index in [1.54, 1.807) is 47.4 Å². The fraction of sp³-hybridized carbons (Fsp3) is 0.440. The number of hydrogen-bond donors (Lipinski definition) is 1. The minimum absolute atomic E-state index is 0.150. The maximum Gasteiger partial charge on any atom is 0.242 e. The third-order valence-corrected chi connectivity index (χ3v) is 6.18. The second-order valence-corrected chi connectivity index (χ2v) is 8.95. The maximum absolute atomic E-state index is 13.2. The topological polar surface area (TPSA) is 58.6 Å². The largest absolute Gasteiger partial charge is 0.494 e. The summed E-state index contributed by atoms with van der Waals surface area (Å²) in [5, 5.41) is 4.51. The summed E-state index contributed by atoms with van der Waals surface area (Å²) >= 11 is 18.6. The first kappa shape index (κ1) is 27.3. The van der Waals surface area contributed by atoms with Crippen LogP contribution in [0.2, 0.25) is 15.1 Å². The second kappa shape index (κ2) is 14.3. The maximum atomic E-state index is 13.2. The number of hydrogen-bond acceptors (Lipinski definition) is 3. The van der Waals surface area contributed by atoms with Crippen molar-refractivity contribution in [1.29, 1.82) is 0 Å². The van der Waals surface area contributed by atoms with Crippen LogP contribution in [0, 0.1) is 0 Å². The molecule has 0 unspecified atom stereocenters. The number of nitrogens with one attached hydrogen (secondary N) is 1. The van der Waals surface area contributed by atoms with E-state index < -0.39 is 6.04 Å². The van der Waals surface area contributed by atoms with Crippen LogP contribution < -0.4 is 10.1 Å². The van der Waals surface area contributed by atoms with Gasteiger partial charge in [0.25, 0.3) is 0 Å². The molecule has 0 aliphatic carbocycles. The van der Waals surface area contributed by atoms with Gasteiger partial charge in [-0.3, -0.25) is 9.59 Å². The molecule has 2 aromatic rings. The SMILES string of the molecule is CCCCNC(=O)[C@@H](CC)N(Cc1c(Cl)cccc1Cl)C(=O)CCCOc1ccc(Cl)cc1. The molecule has 1 N–H and O–H groups in total. The lowest BCUT2D eigenvalue weighted by Gasteiger charge is -2.31. The first-order valence-corrected chi connectivity index (χ1v) is 12.4. The minimum atomic E-state index is -0.612. The van der Waals surface area contributed by atoms with E-state index in [1.165, 1.54) is 0 Å². The van der Waals surface area contributed by atoms with E-state index in [-0.39, 0.29) is 24.8 Å². The smallest absolute Gasteiger partial charge is 0.242 e. The highest BCUT2D eigenvalue weighted by molar-refractivity contribution is 6.36. The Hall–Kier alpha value is -1.95. The van der Waals surface area contributed by atoms with Crippen LogP contribution in [0.4, 0.5) is 0 Å². The summed E-state index contributed by atoms with van der Waals surface area (Å²) in [5.41, 5.74) is 0.631. The van der Waals surface area contributed by atoms with E-state index >= 15 is 0 Å². The number of amides is 2. The normalized spacial score (nSPS) is 11.7. The number of nitrogens with zero attached hydrogens (tertiary/aromatic N) is 1. The van der Waals surface area contributed by atoms with Crippen molar-refractivity contribution in [2.75, 3.05) is 13.2 Å². The number of carbonyl (C=O) groups is 2. The number of carbonyl (C=O) groups excluding carboxylic acids is 2. The molecular weight excluding hydrogens is 483 g/mol. The Kier molecular flexibility index (Phi) is 11.9. The molecule has 5 nitrogen and oxygen atoms in total. The molecular formula is C25H31Cl3N2O3. The molecule has 0 aliphatic heterocycles. The molecule has 33 heavy (non-hydrogen) atoms. The van der Waals surface area contributed by atoms with Gasteiger partial charge in [-0.2, -0.15) is 0 Å². The zero-order valence-corrected chi connectivity index (χ0v) is 21.3. The Morgan fingerprint density at radius 2 is 1.67 bits per heavy atom. The van der Waals surface area contributed by atoms with Crippen LogP contribution in [0.15, 0.2) is 42.5 Å². The lowest BCUT2D eigenvalue weighted by molar-refractivity contribution is -0.141. The average Bonchev–Trinajstić information content (AvgIpc) is 2.79. The fourth-order valence-electron chi connectivity index (χ4n) is 3.37. The van der Waals surface area contributed by atoms with Gasteiger partial charge in [0.15, 0.2) is 0 Å². The zero-order valence-electron chi connectivity index (χ0n) is 19.1. The molecule has 0 bridgehead atoms. The standard InChI is InChI=1S/C25H31Cl3N2O3/c1-3-5-15-29-25(32)23(4-2)30(17-20-21(27)8-6-9-22(20)28)24(31)10-7-16-33-19-13-11-18(26)12-14-19/h6,8-9,11-14,23H,3-5,7,10,15-17H2,1-2H3,(H,29,32)/t23-/m1/s1. The van der Waals surface area contributed by atoms with E-state index in [9.17, 15) is 9.59 Å². The number of benzene rings is 2. The lowest BCUT2D eigenvalue weighted by atomic mass is 10.1. The molecule has 8 heteroatoms. The summed E-state index contributed by atoms with van der Waals surface area (Å²) in [4.78, 5) is 27.7. The van der Waals surface area contributed by atoms with Gasteiger partial charge in [0.05, 0.1) is 6.61 Å². The van der Waals surface area contributed by atoms with E-state index in [1.807, 2.05) is 6.92 Å². The molecule has 0 aliphatic rings. The number of unbranched alkanes of at least 4 members (excludes halogenated alkanes) is 1. The molecule has 0 saturated carbocycles. The zero-order chi connectivity index (χ0) is 24.2. The summed E-state index contributed by atoms with van der Waals surface area (Å²) in [6.45, 7) is 5.06. The van der Waals surface area contributed by atoms with E-state index in [2.05, 4.69) is 12.2 Å². The van der Waals surface area contributed by atoms with Crippen molar-refractivity contribution < 1.29 is 14.3 Å². The Morgan fingerprint density at radius 1 is 1.00 bits per heavy atom. The highest BCUT2D eigenvalue weighted by Crippen LogP contribution is 2.27. The summed E-state index contributed by atoms with van der Waals surface area (Å²) in [6.07, 6.45) is 3.07. The first-order chi connectivity index (χ1) is 15.9. The predicted molar refractivity (Wildman–Crippen MR) is 135 cm³/mol. The van der Waals surface area contributed by atoms with Gasteiger partial charge in [0, 0.05) is 40.1 Å². The fourth-order valence-corrected chi connectivity index (χ4v) is 4.01. The molecule has 0 heterocycles. The number of halogens is 3. The first-order valence-electron chi connectivity index (χ1n) is 11.3. The van der Waals surface area contributed by atoms with Crippen molar-refractivity contribution >= 4 is 46.6 Å². The van der Waals surface area contributed by atoms with Gasteiger partial charge in [-0.1, -0.05) is 61.1 Å². The highest BCUT2D eigenvalue weighted by Gasteiger charge is 2.29. The average molecular weight is 514 g/mol. The molecule has 0 radical (unpaired) electrons. The van der Waals surface area contributed by atoms with Gasteiger partial charge >= 0.3 is 0 Å². The molecule has 2 amide bonds. The molecule has 180 valence electrons. The van der Waals surface area contributed by atoms with Crippen LogP contribution in [-0.4, -0.2) is 35.9 Å². The van der Waals surface area contributed by atoms with Crippen molar-refractivity contribution in [3.05, 3.63) is 63.1 Å². The van der Waals surface area contributed by atoms with Crippen molar-refractivity contribution in [3.63, 3.8) is 0 Å². The Balaban J connectivity index is 2.09. The summed E-state index contributed by atoms with van der Waals surface area (Å²) in [5.74, 6) is 0.372. The van der Waals surface area contributed by atoms with Crippen LogP contribution in [0.25, 0.3) is 0 Å². The Morgan fingerprint density at radius 3 is 2.27 bits per heavy atom. The molecule has 0 spiro atoms. The van der Waals surface area contributed by atoms with E-state index in [4.69, 9.17) is 39.5 Å². The monoisotopic (exact) mass is 512 g/mol. The Bertz CT molecular complexity index is 886. The van der Waals surface area contributed by atoms with Crippen molar-refractivity contribution in [2.45, 2.75) is 58.5 Å². The third kappa shape index (κ3) is 8.73. The minimum Gasteiger partial charge on any atom is -0.494 e. The Labute approximate surface area is 211 Å². The van der Waals surface area contributed by atoms with Gasteiger partial charge in [-0.15, -0.1) is 0 Å². The predicted octanol–water partition coefficient (Wildman–Crippen LogP) is 6.53. The van der Waals surface area contributed by atoms with Gasteiger partial charge < -0.3 is 15.0 Å². The second-order valence-electron chi connectivity index (χ2n) is 7.70. The van der Waals surface area contributed by atoms with E-state index in [0.717, 1.165) is 12.8 Å². The van der Waals surface area contributed by atoms with Crippen molar-refractivity contribution in [2.24, 2.45) is 0 Å². The van der Waals surface area contributed by atoms with Gasteiger partial charge in [0.1, 0.15) is 11.8 Å². The van der Waals surface area contributed by atoms with E-state index in [0.29, 0.717) is 52.4 Å². The molecule has 2 rings (SSSR count). The van der Waals surface area contributed by atoms with Crippen LogP contribution >= 0.6 is 34.8 Å². The van der Waals surface area contributed by atoms with Gasteiger partial charge in [-0.25, -0.2) is 0 Å². The van der Waals surface area contributed by atoms with Crippen LogP contribution in [0.3, 0.4) is 0 Å². The highest BCUT2D eigenvalue weighted by atomic mass is 35.5. The quantitative estimate of drug-likeness (QED) is 0.310. The van der Waals surface area contributed by atoms with Crippen molar-refractivity contribution in [1.82, 2.24) is 10.2 Å². The third-order valence-electron chi connectivity index (χ3n) is 5.22. The molecule has 0 saturated heterocycles. The molecule has 0 aromatic heterocycles. The van der Waals surface area contributed by atoms with Crippen molar-refractivity contribution in [3.8, 4) is 5.75 Å². The van der Waals surface area contributed by atoms with Crippen LogP contribution in [0.5, 0.6) is 5.75 Å². The van der Waals surface area contributed by atoms with Crippen LogP contribution in [-0.2, 0) is 16.1 Å². The van der Waals surface area contributed by atoms with Gasteiger partial charge in [0.2, 0.25) is 11.8 Å². The number of ether oxygens (including phenoxy) is 1. The van der Waals surface area contributed by atoms with Crippen LogP contribution in [0.1, 0.15) is 51.5 Å². The van der Waals surface area contributed by atoms with Gasteiger partial charge in [-0.05, 0) is 55.7 Å². The summed E-state index contributed by atoms with van der Waals surface area (Å²) in [6, 6.07) is 11.7. The lowest BCUT2D eigenvalue weighted by Crippen LogP contribution is -2.49. The molecule has 1 atom stereocenters. The summed E-state index contributed by atoms with van der Waals surface area (Å²) < 4.78 is 5.70. The molecule has 0 fully saturated rings. The number of rotatable bonds is 13.